The molecular formula is C13H19N3OS. The van der Waals surface area contributed by atoms with E-state index in [9.17, 15) is 4.79 Å². The van der Waals surface area contributed by atoms with Crippen LogP contribution < -0.4 is 5.73 Å². The van der Waals surface area contributed by atoms with Gasteiger partial charge >= 0.3 is 0 Å². The molecule has 0 saturated carbocycles. The summed E-state index contributed by atoms with van der Waals surface area (Å²) in [6.07, 6.45) is 5.23. The van der Waals surface area contributed by atoms with E-state index in [0.717, 1.165) is 36.5 Å². The number of piperidine rings is 1. The van der Waals surface area contributed by atoms with Gasteiger partial charge in [-0.15, -0.1) is 0 Å². The first kappa shape index (κ1) is 13.2. The molecular weight excluding hydrogens is 246 g/mol. The molecule has 0 unspecified atom stereocenters. The Bertz CT molecular complexity index is 430. The third kappa shape index (κ3) is 3.16. The van der Waals surface area contributed by atoms with Gasteiger partial charge in [-0.2, -0.15) is 0 Å². The lowest BCUT2D eigenvalue weighted by Crippen LogP contribution is -2.36. The van der Waals surface area contributed by atoms with Gasteiger partial charge in [-0.25, -0.2) is 4.98 Å². The van der Waals surface area contributed by atoms with Crippen molar-refractivity contribution in [3.05, 3.63) is 17.8 Å². The number of nitrogens with zero attached hydrogens (tertiary/aromatic N) is 2. The first-order valence-corrected chi connectivity index (χ1v) is 7.28. The maximum atomic E-state index is 12.0. The molecule has 1 saturated heterocycles. The van der Waals surface area contributed by atoms with Crippen LogP contribution >= 0.6 is 11.8 Å². The second-order valence-electron chi connectivity index (χ2n) is 4.58. The Morgan fingerprint density at radius 1 is 1.44 bits per heavy atom. The Hall–Kier alpha value is -1.23. The molecule has 5 heteroatoms. The number of pyridine rings is 1. The van der Waals surface area contributed by atoms with Crippen molar-refractivity contribution in [1.82, 2.24) is 9.88 Å². The number of thioether (sulfide) groups is 1. The number of nitrogen functional groups attached to an aromatic ring is 1. The summed E-state index contributed by atoms with van der Waals surface area (Å²) in [6, 6.07) is 1.88. The Balaban J connectivity index is 1.90. The fourth-order valence-corrected chi connectivity index (χ4v) is 2.92. The van der Waals surface area contributed by atoms with Gasteiger partial charge in [0.1, 0.15) is 5.03 Å². The van der Waals surface area contributed by atoms with Gasteiger partial charge in [-0.1, -0.05) is 11.8 Å². The van der Waals surface area contributed by atoms with Crippen molar-refractivity contribution in [2.75, 3.05) is 24.6 Å². The van der Waals surface area contributed by atoms with Crippen LogP contribution in [0.25, 0.3) is 0 Å². The van der Waals surface area contributed by atoms with Crippen LogP contribution in [0.2, 0.25) is 0 Å². The zero-order chi connectivity index (χ0) is 13.0. The summed E-state index contributed by atoms with van der Waals surface area (Å²) in [5.74, 6) is 0.628. The van der Waals surface area contributed by atoms with Gasteiger partial charge in [0.15, 0.2) is 0 Å². The standard InChI is InChI=1S/C13H19N3OS/c1-10-5-6-15-13(12(10)14)18-9-11(17)16-7-3-2-4-8-16/h5-6H,2-4,7-9,14H2,1H3. The number of aryl methyl sites for hydroxylation is 1. The van der Waals surface area contributed by atoms with E-state index in [4.69, 9.17) is 5.73 Å². The molecule has 0 radical (unpaired) electrons. The molecule has 1 fully saturated rings. The molecule has 1 aliphatic rings. The fraction of sp³-hybridized carbons (Fsp3) is 0.538. The largest absolute Gasteiger partial charge is 0.396 e. The van der Waals surface area contributed by atoms with Gasteiger partial charge in [0.25, 0.3) is 0 Å². The van der Waals surface area contributed by atoms with E-state index < -0.39 is 0 Å². The summed E-state index contributed by atoms with van der Waals surface area (Å²) in [5, 5.41) is 0.764. The Morgan fingerprint density at radius 2 is 2.17 bits per heavy atom. The molecule has 1 aromatic rings. The van der Waals surface area contributed by atoms with Gasteiger partial charge in [-0.3, -0.25) is 4.79 Å². The number of aromatic nitrogens is 1. The number of rotatable bonds is 3. The monoisotopic (exact) mass is 265 g/mol. The van der Waals surface area contributed by atoms with Crippen LogP contribution in [0.15, 0.2) is 17.3 Å². The van der Waals surface area contributed by atoms with Crippen molar-refractivity contribution in [2.24, 2.45) is 0 Å². The lowest BCUT2D eigenvalue weighted by atomic mass is 10.1. The van der Waals surface area contributed by atoms with Crippen LogP contribution in [-0.4, -0.2) is 34.6 Å². The van der Waals surface area contributed by atoms with Crippen molar-refractivity contribution in [1.29, 1.82) is 0 Å². The molecule has 18 heavy (non-hydrogen) atoms. The summed E-state index contributed by atoms with van der Waals surface area (Å²) in [5.41, 5.74) is 7.64. The Kier molecular flexibility index (Phi) is 4.47. The highest BCUT2D eigenvalue weighted by Crippen LogP contribution is 2.25. The minimum absolute atomic E-state index is 0.197. The van der Waals surface area contributed by atoms with Crippen molar-refractivity contribution >= 4 is 23.4 Å². The van der Waals surface area contributed by atoms with Crippen LogP contribution in [0.3, 0.4) is 0 Å². The third-order valence-electron chi connectivity index (χ3n) is 3.21. The number of amides is 1. The molecule has 0 aromatic carbocycles. The summed E-state index contributed by atoms with van der Waals surface area (Å²) in [6.45, 7) is 3.75. The smallest absolute Gasteiger partial charge is 0.232 e. The second kappa shape index (κ2) is 6.09. The molecule has 2 heterocycles. The highest BCUT2D eigenvalue weighted by atomic mass is 32.2. The van der Waals surface area contributed by atoms with Gasteiger partial charge in [-0.05, 0) is 37.8 Å². The maximum Gasteiger partial charge on any atom is 0.232 e. The normalized spacial score (nSPS) is 15.7. The van der Waals surface area contributed by atoms with Gasteiger partial charge in [0.05, 0.1) is 11.4 Å². The zero-order valence-electron chi connectivity index (χ0n) is 10.7. The van der Waals surface area contributed by atoms with E-state index in [1.54, 1.807) is 6.20 Å². The van der Waals surface area contributed by atoms with Crippen LogP contribution in [0, 0.1) is 6.92 Å². The molecule has 1 amide bonds. The van der Waals surface area contributed by atoms with Gasteiger partial charge in [0, 0.05) is 19.3 Å². The highest BCUT2D eigenvalue weighted by molar-refractivity contribution is 8.00. The second-order valence-corrected chi connectivity index (χ2v) is 5.54. The van der Waals surface area contributed by atoms with E-state index in [2.05, 4.69) is 4.98 Å². The number of hydrogen-bond donors (Lipinski definition) is 1. The number of anilines is 1. The van der Waals surface area contributed by atoms with E-state index >= 15 is 0 Å². The Labute approximate surface area is 112 Å². The van der Waals surface area contributed by atoms with Crippen LogP contribution in [0.5, 0.6) is 0 Å². The first-order chi connectivity index (χ1) is 8.68. The molecule has 2 rings (SSSR count). The van der Waals surface area contributed by atoms with Crippen LogP contribution in [-0.2, 0) is 4.79 Å². The number of hydrogen-bond acceptors (Lipinski definition) is 4. The molecule has 4 nitrogen and oxygen atoms in total. The average molecular weight is 265 g/mol. The topological polar surface area (TPSA) is 59.2 Å². The maximum absolute atomic E-state index is 12.0. The number of carbonyl (C=O) groups excluding carboxylic acids is 1. The number of nitrogens with two attached hydrogens (primary N) is 1. The van der Waals surface area contributed by atoms with Crippen molar-refractivity contribution in [3.8, 4) is 0 Å². The molecule has 98 valence electrons. The zero-order valence-corrected chi connectivity index (χ0v) is 11.5. The average Bonchev–Trinajstić information content (AvgIpc) is 2.41. The van der Waals surface area contributed by atoms with Crippen molar-refractivity contribution < 1.29 is 4.79 Å². The number of carbonyl (C=O) groups is 1. The molecule has 0 bridgehead atoms. The van der Waals surface area contributed by atoms with E-state index in [-0.39, 0.29) is 5.91 Å². The summed E-state index contributed by atoms with van der Waals surface area (Å²) in [4.78, 5) is 18.2. The summed E-state index contributed by atoms with van der Waals surface area (Å²) < 4.78 is 0. The Morgan fingerprint density at radius 3 is 2.89 bits per heavy atom. The summed E-state index contributed by atoms with van der Waals surface area (Å²) >= 11 is 1.44. The first-order valence-electron chi connectivity index (χ1n) is 6.30. The minimum Gasteiger partial charge on any atom is -0.396 e. The number of likely N-dealkylation sites (tertiary alicyclic amines) is 1. The van der Waals surface area contributed by atoms with Crippen molar-refractivity contribution in [2.45, 2.75) is 31.2 Å². The summed E-state index contributed by atoms with van der Waals surface area (Å²) in [7, 11) is 0. The van der Waals surface area contributed by atoms with Gasteiger partial charge < -0.3 is 10.6 Å². The van der Waals surface area contributed by atoms with E-state index in [0.29, 0.717) is 11.4 Å². The minimum atomic E-state index is 0.197. The lowest BCUT2D eigenvalue weighted by Gasteiger charge is -2.26. The molecule has 1 aliphatic heterocycles. The molecule has 0 atom stereocenters. The van der Waals surface area contributed by atoms with Crippen molar-refractivity contribution in [3.63, 3.8) is 0 Å². The van der Waals surface area contributed by atoms with E-state index in [1.165, 1.54) is 18.2 Å². The molecule has 1 aromatic heterocycles. The van der Waals surface area contributed by atoms with Crippen LogP contribution in [0.4, 0.5) is 5.69 Å². The SMILES string of the molecule is Cc1ccnc(SCC(=O)N2CCCCC2)c1N. The lowest BCUT2D eigenvalue weighted by molar-refractivity contribution is -0.129. The highest BCUT2D eigenvalue weighted by Gasteiger charge is 2.17. The van der Waals surface area contributed by atoms with Crippen LogP contribution in [0.1, 0.15) is 24.8 Å². The van der Waals surface area contributed by atoms with Gasteiger partial charge in [0.2, 0.25) is 5.91 Å². The quantitative estimate of drug-likeness (QED) is 0.850. The molecule has 0 aliphatic carbocycles. The predicted molar refractivity (Wildman–Crippen MR) is 74.5 cm³/mol. The fourth-order valence-electron chi connectivity index (χ4n) is 2.02. The molecule has 0 spiro atoms. The van der Waals surface area contributed by atoms with E-state index in [1.807, 2.05) is 17.9 Å². The third-order valence-corrected chi connectivity index (χ3v) is 4.20. The molecule has 2 N–H and O–H groups in total. The predicted octanol–water partition coefficient (Wildman–Crippen LogP) is 2.08.